The summed E-state index contributed by atoms with van der Waals surface area (Å²) in [5, 5.41) is 13.1. The van der Waals surface area contributed by atoms with E-state index in [1.54, 1.807) is 13.1 Å². The van der Waals surface area contributed by atoms with Crippen LogP contribution in [-0.4, -0.2) is 25.2 Å². The molecule has 2 N–H and O–H groups in total. The minimum absolute atomic E-state index is 0.0796. The first-order chi connectivity index (χ1) is 16.2. The second kappa shape index (κ2) is 7.49. The third-order valence-electron chi connectivity index (χ3n) is 7.40. The summed E-state index contributed by atoms with van der Waals surface area (Å²) >= 11 is 0. The SMILES string of the molecule is Cc1nc(N[C@H](C)c2cccc(C(F)(F)C(C)(C)O)c2F)c2cn(C34CC(C3)C4)c(=O)c(F)c2n1. The molecule has 2 bridgehead atoms. The fourth-order valence-corrected chi connectivity index (χ4v) is 5.19. The number of halogens is 4. The molecule has 0 aliphatic heterocycles. The second-order valence-corrected chi connectivity index (χ2v) is 10.4. The molecule has 1 atom stereocenters. The number of aryl methyl sites for hydroxylation is 1. The number of rotatable bonds is 6. The predicted octanol–water partition coefficient (Wildman–Crippen LogP) is 4.92. The predicted molar refractivity (Wildman–Crippen MR) is 122 cm³/mol. The minimum atomic E-state index is -3.84. The highest BCUT2D eigenvalue weighted by Gasteiger charge is 2.58. The van der Waals surface area contributed by atoms with Gasteiger partial charge in [-0.2, -0.15) is 13.2 Å². The first kappa shape index (κ1) is 23.7. The highest BCUT2D eigenvalue weighted by molar-refractivity contribution is 5.89. The van der Waals surface area contributed by atoms with Gasteiger partial charge in [-0.15, -0.1) is 0 Å². The van der Waals surface area contributed by atoms with Crippen molar-refractivity contribution in [1.82, 2.24) is 14.5 Å². The van der Waals surface area contributed by atoms with Crippen LogP contribution in [0.2, 0.25) is 0 Å². The second-order valence-electron chi connectivity index (χ2n) is 10.4. The molecule has 3 saturated carbocycles. The first-order valence-electron chi connectivity index (χ1n) is 11.5. The number of pyridine rings is 1. The standard InChI is InChI=1S/C25H26F4N4O2/c1-12(15-6-5-7-17(18(15)26)25(28,29)23(3,4)35)30-21-16-11-33(24-8-14(9-24)10-24)22(34)19(27)20(16)31-13(2)32-21/h5-7,11-12,14,35H,8-10H2,1-4H3,(H,30,31,32)/t12-,14?,24?/m1/s1. The van der Waals surface area contributed by atoms with Crippen molar-refractivity contribution in [1.29, 1.82) is 0 Å². The number of aromatic nitrogens is 3. The number of nitrogens with zero attached hydrogens (tertiary/aromatic N) is 3. The monoisotopic (exact) mass is 490 g/mol. The Balaban J connectivity index is 1.58. The molecule has 35 heavy (non-hydrogen) atoms. The van der Waals surface area contributed by atoms with Gasteiger partial charge in [0, 0.05) is 17.3 Å². The van der Waals surface area contributed by atoms with E-state index in [0.717, 1.165) is 39.2 Å². The van der Waals surface area contributed by atoms with Gasteiger partial charge in [-0.1, -0.05) is 12.1 Å². The van der Waals surface area contributed by atoms with Crippen LogP contribution < -0.4 is 10.9 Å². The Morgan fingerprint density at radius 2 is 1.83 bits per heavy atom. The Hall–Kier alpha value is -3.01. The Kier molecular flexibility index (Phi) is 5.08. The molecule has 0 amide bonds. The van der Waals surface area contributed by atoms with Crippen molar-refractivity contribution in [2.75, 3.05) is 5.32 Å². The minimum Gasteiger partial charge on any atom is -0.384 e. The van der Waals surface area contributed by atoms with Crippen molar-refractivity contribution in [2.45, 2.75) is 70.1 Å². The largest absolute Gasteiger partial charge is 0.384 e. The van der Waals surface area contributed by atoms with Gasteiger partial charge >= 0.3 is 5.92 Å². The van der Waals surface area contributed by atoms with Crippen LogP contribution in [0.3, 0.4) is 0 Å². The van der Waals surface area contributed by atoms with E-state index in [-0.39, 0.29) is 33.6 Å². The smallest absolute Gasteiger partial charge is 0.303 e. The van der Waals surface area contributed by atoms with Gasteiger partial charge in [0.25, 0.3) is 5.56 Å². The molecule has 0 spiro atoms. The fraction of sp³-hybridized carbons (Fsp3) is 0.480. The van der Waals surface area contributed by atoms with Crippen molar-refractivity contribution >= 4 is 16.7 Å². The molecule has 1 aromatic carbocycles. The lowest BCUT2D eigenvalue weighted by atomic mass is 9.49. The number of hydrogen-bond acceptors (Lipinski definition) is 5. The van der Waals surface area contributed by atoms with E-state index in [2.05, 4.69) is 15.3 Å². The van der Waals surface area contributed by atoms with Gasteiger partial charge in [-0.05, 0) is 58.9 Å². The van der Waals surface area contributed by atoms with Gasteiger partial charge in [0.1, 0.15) is 28.6 Å². The fourth-order valence-electron chi connectivity index (χ4n) is 5.19. The number of nitrogens with one attached hydrogen (secondary N) is 1. The van der Waals surface area contributed by atoms with Crippen LogP contribution in [0.5, 0.6) is 0 Å². The molecule has 0 saturated heterocycles. The van der Waals surface area contributed by atoms with E-state index >= 15 is 8.78 Å². The van der Waals surface area contributed by atoms with E-state index in [0.29, 0.717) is 5.92 Å². The van der Waals surface area contributed by atoms with Gasteiger partial charge in [0.15, 0.2) is 0 Å². The maximum absolute atomic E-state index is 15.3. The molecular formula is C25H26F4N4O2. The highest BCUT2D eigenvalue weighted by atomic mass is 19.3. The van der Waals surface area contributed by atoms with Gasteiger partial charge < -0.3 is 15.0 Å². The Morgan fingerprint density at radius 3 is 2.40 bits per heavy atom. The summed E-state index contributed by atoms with van der Waals surface area (Å²) < 4.78 is 61.3. The number of anilines is 1. The lowest BCUT2D eigenvalue weighted by Crippen LogP contribution is -2.62. The molecule has 2 aromatic heterocycles. The molecule has 6 nitrogen and oxygen atoms in total. The van der Waals surface area contributed by atoms with Gasteiger partial charge in [0.2, 0.25) is 5.82 Å². The van der Waals surface area contributed by atoms with Crippen LogP contribution in [0.1, 0.15) is 63.0 Å². The Labute approximate surface area is 199 Å². The van der Waals surface area contributed by atoms with E-state index in [1.807, 2.05) is 0 Å². The molecule has 3 aliphatic rings. The number of alkyl halides is 2. The maximum atomic E-state index is 15.3. The van der Waals surface area contributed by atoms with Crippen LogP contribution in [0.4, 0.5) is 23.4 Å². The number of fused-ring (bicyclic) bond motifs is 1. The lowest BCUT2D eigenvalue weighted by Gasteiger charge is -2.62. The molecule has 10 heteroatoms. The van der Waals surface area contributed by atoms with Gasteiger partial charge in [-0.25, -0.2) is 14.4 Å². The van der Waals surface area contributed by atoms with Crippen molar-refractivity contribution in [3.05, 3.63) is 63.3 Å². The molecule has 6 rings (SSSR count). The van der Waals surface area contributed by atoms with Crippen molar-refractivity contribution in [2.24, 2.45) is 5.92 Å². The summed E-state index contributed by atoms with van der Waals surface area (Å²) in [6, 6.07) is 2.72. The van der Waals surface area contributed by atoms with E-state index in [1.165, 1.54) is 23.6 Å². The van der Waals surface area contributed by atoms with Crippen molar-refractivity contribution in [3.8, 4) is 0 Å². The molecule has 2 heterocycles. The third kappa shape index (κ3) is 3.44. The molecule has 3 aromatic rings. The zero-order valence-electron chi connectivity index (χ0n) is 19.8. The van der Waals surface area contributed by atoms with Crippen LogP contribution in [-0.2, 0) is 11.5 Å². The summed E-state index contributed by atoms with van der Waals surface area (Å²) in [5.74, 6) is -5.06. The molecule has 3 aliphatic carbocycles. The molecule has 0 radical (unpaired) electrons. The van der Waals surface area contributed by atoms with Crippen LogP contribution in [0, 0.1) is 24.5 Å². The Morgan fingerprint density at radius 1 is 1.17 bits per heavy atom. The first-order valence-corrected chi connectivity index (χ1v) is 11.5. The summed E-state index contributed by atoms with van der Waals surface area (Å²) in [6.07, 6.45) is 3.99. The number of aliphatic hydroxyl groups is 1. The number of hydrogen-bond donors (Lipinski definition) is 2. The number of benzene rings is 1. The molecular weight excluding hydrogens is 464 g/mol. The van der Waals surface area contributed by atoms with Crippen molar-refractivity contribution < 1.29 is 22.7 Å². The van der Waals surface area contributed by atoms with Crippen LogP contribution in [0.15, 0.2) is 29.2 Å². The molecule has 186 valence electrons. The van der Waals surface area contributed by atoms with Crippen LogP contribution >= 0.6 is 0 Å². The zero-order chi connectivity index (χ0) is 25.5. The normalized spacial score (nSPS) is 22.5. The third-order valence-corrected chi connectivity index (χ3v) is 7.40. The highest BCUT2D eigenvalue weighted by Crippen LogP contribution is 2.61. The topological polar surface area (TPSA) is 80.0 Å². The van der Waals surface area contributed by atoms with E-state index in [4.69, 9.17) is 0 Å². The van der Waals surface area contributed by atoms with Gasteiger partial charge in [-0.3, -0.25) is 4.79 Å². The molecule has 3 fully saturated rings. The summed E-state index contributed by atoms with van der Waals surface area (Å²) in [5.41, 5.74) is -4.75. The lowest BCUT2D eigenvalue weighted by molar-refractivity contribution is -0.170. The summed E-state index contributed by atoms with van der Waals surface area (Å²) in [7, 11) is 0. The average molecular weight is 491 g/mol. The average Bonchev–Trinajstić information content (AvgIpc) is 2.69. The summed E-state index contributed by atoms with van der Waals surface area (Å²) in [4.78, 5) is 21.2. The summed E-state index contributed by atoms with van der Waals surface area (Å²) in [6.45, 7) is 4.92. The quantitative estimate of drug-likeness (QED) is 0.480. The zero-order valence-corrected chi connectivity index (χ0v) is 19.8. The van der Waals surface area contributed by atoms with E-state index in [9.17, 15) is 18.7 Å². The van der Waals surface area contributed by atoms with E-state index < -0.39 is 40.3 Å². The van der Waals surface area contributed by atoms with Gasteiger partial charge in [0.05, 0.1) is 17.0 Å². The maximum Gasteiger partial charge on any atom is 0.303 e. The Bertz CT molecular complexity index is 1400. The van der Waals surface area contributed by atoms with Crippen LogP contribution in [0.25, 0.3) is 10.9 Å². The van der Waals surface area contributed by atoms with Crippen molar-refractivity contribution in [3.63, 3.8) is 0 Å². The molecule has 0 unspecified atom stereocenters.